The molecule has 0 amide bonds. The second kappa shape index (κ2) is 4.67. The third-order valence-corrected chi connectivity index (χ3v) is 2.46. The van der Waals surface area contributed by atoms with Crippen LogP contribution in [0.3, 0.4) is 0 Å². The summed E-state index contributed by atoms with van der Waals surface area (Å²) in [6.45, 7) is 0. The smallest absolute Gasteiger partial charge is 0.214 e. The minimum Gasteiger partial charge on any atom is -0.360 e. The first kappa shape index (κ1) is 10.5. The first-order valence-corrected chi connectivity index (χ1v) is 5.46. The van der Waals surface area contributed by atoms with E-state index in [0.29, 0.717) is 5.82 Å². The van der Waals surface area contributed by atoms with Crippen LogP contribution in [-0.2, 0) is 0 Å². The summed E-state index contributed by atoms with van der Waals surface area (Å²) >= 11 is 0. The van der Waals surface area contributed by atoms with Crippen molar-refractivity contribution in [1.82, 2.24) is 15.1 Å². The number of H-pyrrole nitrogens is 1. The molecule has 0 aliphatic heterocycles. The lowest BCUT2D eigenvalue weighted by Crippen LogP contribution is -1.80. The number of hydrogen-bond donors (Lipinski definition) is 1. The van der Waals surface area contributed by atoms with Gasteiger partial charge in [-0.25, -0.2) is 0 Å². The van der Waals surface area contributed by atoms with E-state index in [1.807, 2.05) is 42.6 Å². The van der Waals surface area contributed by atoms with E-state index in [-0.39, 0.29) is 0 Å². The maximum Gasteiger partial charge on any atom is 0.214 e. The van der Waals surface area contributed by atoms with Crippen LogP contribution in [0.4, 0.5) is 5.69 Å². The van der Waals surface area contributed by atoms with Gasteiger partial charge < -0.3 is 9.51 Å². The topological polar surface area (TPSA) is 67.1 Å². The summed E-state index contributed by atoms with van der Waals surface area (Å²) in [7, 11) is 0. The van der Waals surface area contributed by atoms with Crippen LogP contribution in [-0.4, -0.2) is 21.3 Å². The fourth-order valence-corrected chi connectivity index (χ4v) is 1.56. The zero-order chi connectivity index (χ0) is 12.2. The molecule has 0 saturated heterocycles. The molecule has 0 aliphatic carbocycles. The predicted molar refractivity (Wildman–Crippen MR) is 67.8 cm³/mol. The number of hydrogen-bond acceptors (Lipinski definition) is 4. The van der Waals surface area contributed by atoms with Crippen molar-refractivity contribution in [2.45, 2.75) is 0 Å². The van der Waals surface area contributed by atoms with Crippen LogP contribution in [0.15, 0.2) is 58.5 Å². The molecule has 1 N–H and O–H groups in total. The third-order valence-electron chi connectivity index (χ3n) is 2.46. The van der Waals surface area contributed by atoms with E-state index in [0.717, 1.165) is 16.9 Å². The van der Waals surface area contributed by atoms with Crippen LogP contribution in [0.25, 0.3) is 11.4 Å². The van der Waals surface area contributed by atoms with Gasteiger partial charge in [0, 0.05) is 11.8 Å². The number of aromatic nitrogens is 3. The summed E-state index contributed by atoms with van der Waals surface area (Å²) in [5.74, 6) is 0.579. The number of nitrogens with zero attached hydrogens (tertiary/aromatic N) is 3. The Balaban J connectivity index is 1.79. The minimum absolute atomic E-state index is 0.579. The molecule has 0 radical (unpaired) electrons. The Morgan fingerprint density at radius 1 is 1.17 bits per heavy atom. The Hall–Kier alpha value is -2.69. The normalized spacial score (nSPS) is 11.1. The molecule has 2 aromatic heterocycles. The summed E-state index contributed by atoms with van der Waals surface area (Å²) in [5.41, 5.74) is 2.75. The van der Waals surface area contributed by atoms with Gasteiger partial charge >= 0.3 is 0 Å². The monoisotopic (exact) mass is 238 g/mol. The minimum atomic E-state index is 0.579. The average molecular weight is 238 g/mol. The van der Waals surface area contributed by atoms with Gasteiger partial charge in [0.1, 0.15) is 0 Å². The predicted octanol–water partition coefficient (Wildman–Crippen LogP) is 2.82. The molecule has 0 atom stereocenters. The van der Waals surface area contributed by atoms with Gasteiger partial charge in [-0.1, -0.05) is 5.16 Å². The molecule has 0 aliphatic rings. The average Bonchev–Trinajstić information content (AvgIpc) is 3.10. The summed E-state index contributed by atoms with van der Waals surface area (Å²) in [5, 5.41) is 3.77. The zero-order valence-electron chi connectivity index (χ0n) is 9.45. The maximum atomic E-state index is 4.70. The Morgan fingerprint density at radius 2 is 2.06 bits per heavy atom. The SMILES string of the molecule is C(=Nc1ccc(-c2ncon2)cc1)c1ccc[nH]1. The number of rotatable bonds is 3. The Labute approximate surface area is 103 Å². The highest BCUT2D eigenvalue weighted by Gasteiger charge is 2.01. The molecule has 0 saturated carbocycles. The summed E-state index contributed by atoms with van der Waals surface area (Å²) in [6.07, 6.45) is 4.96. The van der Waals surface area contributed by atoms with Crippen molar-refractivity contribution >= 4 is 11.9 Å². The molecule has 2 heterocycles. The van der Waals surface area contributed by atoms with Crippen LogP contribution in [0.2, 0.25) is 0 Å². The molecule has 0 spiro atoms. The molecule has 3 aromatic rings. The van der Waals surface area contributed by atoms with Gasteiger partial charge in [-0.3, -0.25) is 4.99 Å². The molecule has 0 fully saturated rings. The van der Waals surface area contributed by atoms with Gasteiger partial charge in [0.25, 0.3) is 0 Å². The molecular formula is C13H10N4O. The molecule has 18 heavy (non-hydrogen) atoms. The standard InChI is InChI=1S/C13H10N4O/c1-2-12(14-7-1)8-15-11-5-3-10(4-6-11)13-16-9-18-17-13/h1-9,14H. The zero-order valence-corrected chi connectivity index (χ0v) is 9.45. The van der Waals surface area contributed by atoms with Gasteiger partial charge in [-0.05, 0) is 36.4 Å². The van der Waals surface area contributed by atoms with Crippen molar-refractivity contribution in [3.63, 3.8) is 0 Å². The van der Waals surface area contributed by atoms with Crippen molar-refractivity contribution in [3.8, 4) is 11.4 Å². The largest absolute Gasteiger partial charge is 0.360 e. The van der Waals surface area contributed by atoms with Crippen molar-refractivity contribution in [2.75, 3.05) is 0 Å². The summed E-state index contributed by atoms with van der Waals surface area (Å²) in [6, 6.07) is 11.5. The first-order valence-electron chi connectivity index (χ1n) is 5.46. The fraction of sp³-hybridized carbons (Fsp3) is 0. The van der Waals surface area contributed by atoms with Gasteiger partial charge in [0.15, 0.2) is 0 Å². The highest BCUT2D eigenvalue weighted by Crippen LogP contribution is 2.19. The molecular weight excluding hydrogens is 228 g/mol. The maximum absolute atomic E-state index is 4.70. The van der Waals surface area contributed by atoms with E-state index < -0.39 is 0 Å². The molecule has 88 valence electrons. The lowest BCUT2D eigenvalue weighted by molar-refractivity contribution is 0.419. The van der Waals surface area contributed by atoms with Gasteiger partial charge in [-0.15, -0.1) is 0 Å². The van der Waals surface area contributed by atoms with Gasteiger partial charge in [0.2, 0.25) is 12.2 Å². The molecule has 0 bridgehead atoms. The number of aliphatic imine (C=N–C) groups is 1. The van der Waals surface area contributed by atoms with Crippen LogP contribution < -0.4 is 0 Å². The van der Waals surface area contributed by atoms with E-state index in [4.69, 9.17) is 4.52 Å². The second-order valence-corrected chi connectivity index (χ2v) is 3.69. The summed E-state index contributed by atoms with van der Waals surface area (Å²) < 4.78 is 4.70. The van der Waals surface area contributed by atoms with Crippen LogP contribution in [0.1, 0.15) is 5.69 Å². The van der Waals surface area contributed by atoms with Crippen molar-refractivity contribution in [3.05, 3.63) is 54.7 Å². The highest BCUT2D eigenvalue weighted by atomic mass is 16.5. The number of benzene rings is 1. The van der Waals surface area contributed by atoms with Crippen LogP contribution in [0.5, 0.6) is 0 Å². The van der Waals surface area contributed by atoms with Crippen molar-refractivity contribution < 1.29 is 4.52 Å². The van der Waals surface area contributed by atoms with E-state index in [1.54, 1.807) is 6.21 Å². The number of aromatic amines is 1. The highest BCUT2D eigenvalue weighted by molar-refractivity contribution is 5.79. The molecule has 3 rings (SSSR count). The van der Waals surface area contributed by atoms with E-state index in [2.05, 4.69) is 20.1 Å². The number of nitrogens with one attached hydrogen (secondary N) is 1. The van der Waals surface area contributed by atoms with Gasteiger partial charge in [0.05, 0.1) is 17.6 Å². The lowest BCUT2D eigenvalue weighted by Gasteiger charge is -1.95. The van der Waals surface area contributed by atoms with Crippen molar-refractivity contribution in [1.29, 1.82) is 0 Å². The molecule has 5 heteroatoms. The second-order valence-electron chi connectivity index (χ2n) is 3.69. The molecule has 0 unspecified atom stereocenters. The van der Waals surface area contributed by atoms with Gasteiger partial charge in [-0.2, -0.15) is 4.98 Å². The van der Waals surface area contributed by atoms with E-state index >= 15 is 0 Å². The molecule has 1 aromatic carbocycles. The lowest BCUT2D eigenvalue weighted by atomic mass is 10.2. The fourth-order valence-electron chi connectivity index (χ4n) is 1.56. The van der Waals surface area contributed by atoms with Crippen molar-refractivity contribution in [2.24, 2.45) is 4.99 Å². The summed E-state index contributed by atoms with van der Waals surface area (Å²) in [4.78, 5) is 11.4. The van der Waals surface area contributed by atoms with E-state index in [1.165, 1.54) is 6.39 Å². The quantitative estimate of drug-likeness (QED) is 0.713. The Morgan fingerprint density at radius 3 is 2.72 bits per heavy atom. The first-order chi connectivity index (χ1) is 8.92. The van der Waals surface area contributed by atoms with E-state index in [9.17, 15) is 0 Å². The Kier molecular flexibility index (Phi) is 2.71. The van der Waals surface area contributed by atoms with Crippen LogP contribution in [0, 0.1) is 0 Å². The Bertz CT molecular complexity index is 624. The third kappa shape index (κ3) is 2.20. The van der Waals surface area contributed by atoms with Crippen LogP contribution >= 0.6 is 0 Å². The molecule has 5 nitrogen and oxygen atoms in total.